The van der Waals surface area contributed by atoms with Gasteiger partial charge in [-0.1, -0.05) is 63.2 Å². The monoisotopic (exact) mass is 601 g/mol. The molecule has 2 heterocycles. The van der Waals surface area contributed by atoms with Crippen molar-refractivity contribution in [2.45, 2.75) is 70.7 Å². The first-order valence-corrected chi connectivity index (χ1v) is 16.3. The molecule has 0 unspecified atom stereocenters. The predicted molar refractivity (Wildman–Crippen MR) is 168 cm³/mol. The van der Waals surface area contributed by atoms with Crippen LogP contribution in [0, 0.1) is 0 Å². The molecule has 4 rings (SSSR count). The quantitative estimate of drug-likeness (QED) is 0.188. The Morgan fingerprint density at radius 1 is 0.930 bits per heavy atom. The number of amides is 1. The molecular formula is C33H39N5O4S. The predicted octanol–water partition coefficient (Wildman–Crippen LogP) is 5.56. The number of hydrogen-bond donors (Lipinski definition) is 1. The Bertz CT molecular complexity index is 1670. The Morgan fingerprint density at radius 2 is 1.67 bits per heavy atom. The largest absolute Gasteiger partial charge is 0.321 e. The van der Waals surface area contributed by atoms with Crippen LogP contribution in [0.2, 0.25) is 0 Å². The van der Waals surface area contributed by atoms with Crippen molar-refractivity contribution in [3.8, 4) is 11.1 Å². The van der Waals surface area contributed by atoms with E-state index in [1.54, 1.807) is 41.6 Å². The third-order valence-electron chi connectivity index (χ3n) is 7.28. The molecule has 2 aromatic heterocycles. The third-order valence-corrected chi connectivity index (χ3v) is 8.24. The normalized spacial score (nSPS) is 11.4. The average Bonchev–Trinajstić information content (AvgIpc) is 3.34. The highest BCUT2D eigenvalue weighted by atomic mass is 32.2. The van der Waals surface area contributed by atoms with Crippen molar-refractivity contribution in [3.63, 3.8) is 0 Å². The van der Waals surface area contributed by atoms with Gasteiger partial charge in [-0.3, -0.25) is 14.6 Å². The molecule has 1 amide bonds. The molecule has 0 spiro atoms. The SMILES string of the molecule is CCCC(=O)N(CCC(=O)c1c(CC)nc(CCC)n1Cc1ccc(-c2ccccc2S(N)(=O)=O)cc1)c1cccnc1. The smallest absolute Gasteiger partial charge is 0.238 e. The first-order chi connectivity index (χ1) is 20.7. The van der Waals surface area contributed by atoms with E-state index in [0.717, 1.165) is 35.5 Å². The lowest BCUT2D eigenvalue weighted by molar-refractivity contribution is -0.118. The fourth-order valence-electron chi connectivity index (χ4n) is 5.21. The number of nitrogens with two attached hydrogens (primary N) is 1. The topological polar surface area (TPSA) is 128 Å². The number of carbonyl (C=O) groups is 2. The minimum Gasteiger partial charge on any atom is -0.321 e. The summed E-state index contributed by atoms with van der Waals surface area (Å²) in [6.45, 7) is 6.70. The summed E-state index contributed by atoms with van der Waals surface area (Å²) in [5.41, 5.74) is 4.20. The molecule has 0 aliphatic carbocycles. The van der Waals surface area contributed by atoms with Crippen LogP contribution in [0.3, 0.4) is 0 Å². The van der Waals surface area contributed by atoms with Crippen molar-refractivity contribution in [1.29, 1.82) is 0 Å². The highest BCUT2D eigenvalue weighted by molar-refractivity contribution is 7.89. The van der Waals surface area contributed by atoms with Crippen LogP contribution in [0.15, 0.2) is 78.0 Å². The summed E-state index contributed by atoms with van der Waals surface area (Å²) < 4.78 is 26.2. The van der Waals surface area contributed by atoms with E-state index in [9.17, 15) is 18.0 Å². The zero-order chi connectivity index (χ0) is 31.0. The number of aryl methyl sites for hydroxylation is 2. The van der Waals surface area contributed by atoms with Crippen LogP contribution in [-0.4, -0.2) is 41.2 Å². The van der Waals surface area contributed by atoms with E-state index < -0.39 is 10.0 Å². The molecule has 0 saturated carbocycles. The Kier molecular flexibility index (Phi) is 10.6. The van der Waals surface area contributed by atoms with E-state index in [2.05, 4.69) is 11.9 Å². The van der Waals surface area contributed by atoms with Crippen molar-refractivity contribution in [2.75, 3.05) is 11.4 Å². The van der Waals surface area contributed by atoms with E-state index in [-0.39, 0.29) is 29.6 Å². The van der Waals surface area contributed by atoms with Gasteiger partial charge in [0.15, 0.2) is 5.78 Å². The summed E-state index contributed by atoms with van der Waals surface area (Å²) in [6.07, 6.45) is 6.75. The maximum Gasteiger partial charge on any atom is 0.238 e. The number of rotatable bonds is 14. The van der Waals surface area contributed by atoms with Crippen LogP contribution in [0.5, 0.6) is 0 Å². The van der Waals surface area contributed by atoms with Crippen molar-refractivity contribution in [1.82, 2.24) is 14.5 Å². The number of imidazole rings is 1. The standard InChI is InChI=1S/C33H39N5O4S/c1-4-10-31-36-28(6-3)33(29(39)19-21-37(32(40)11-5-2)26-12-9-20-35-22-26)38(31)23-24-15-17-25(18-16-24)27-13-7-8-14-30(27)43(34,41)42/h7-9,12-18,20,22H,4-6,10-11,19,21,23H2,1-3H3,(H2,34,41,42). The molecule has 0 saturated heterocycles. The Morgan fingerprint density at radius 3 is 2.30 bits per heavy atom. The van der Waals surface area contributed by atoms with Crippen LogP contribution < -0.4 is 10.0 Å². The summed E-state index contributed by atoms with van der Waals surface area (Å²) in [6, 6.07) is 17.8. The van der Waals surface area contributed by atoms with Crippen molar-refractivity contribution in [2.24, 2.45) is 5.14 Å². The number of benzene rings is 2. The summed E-state index contributed by atoms with van der Waals surface area (Å²) >= 11 is 0. The number of ketones is 1. The summed E-state index contributed by atoms with van der Waals surface area (Å²) in [4.78, 5) is 37.5. The van der Waals surface area contributed by atoms with Crippen LogP contribution >= 0.6 is 0 Å². The Hall–Kier alpha value is -4.15. The maximum absolute atomic E-state index is 13.9. The van der Waals surface area contributed by atoms with Gasteiger partial charge in [0.1, 0.15) is 11.5 Å². The maximum atomic E-state index is 13.9. The van der Waals surface area contributed by atoms with Crippen molar-refractivity contribution < 1.29 is 18.0 Å². The molecule has 0 atom stereocenters. The molecule has 0 fully saturated rings. The van der Waals surface area contributed by atoms with Crippen molar-refractivity contribution >= 4 is 27.4 Å². The van der Waals surface area contributed by atoms with Crippen LogP contribution in [0.25, 0.3) is 11.1 Å². The van der Waals surface area contributed by atoms with Crippen LogP contribution in [0.1, 0.15) is 74.0 Å². The minimum atomic E-state index is -3.88. The highest BCUT2D eigenvalue weighted by Crippen LogP contribution is 2.28. The molecular weight excluding hydrogens is 562 g/mol. The average molecular weight is 602 g/mol. The number of primary sulfonamides is 1. The van der Waals surface area contributed by atoms with Crippen LogP contribution in [-0.2, 0) is 34.2 Å². The molecule has 4 aromatic rings. The van der Waals surface area contributed by atoms with Gasteiger partial charge in [0.2, 0.25) is 15.9 Å². The number of hydrogen-bond acceptors (Lipinski definition) is 6. The van der Waals surface area contributed by atoms with Gasteiger partial charge >= 0.3 is 0 Å². The summed E-state index contributed by atoms with van der Waals surface area (Å²) in [5, 5.41) is 5.45. The van der Waals surface area contributed by atoms with Gasteiger partial charge in [-0.15, -0.1) is 0 Å². The molecule has 0 aliphatic heterocycles. The molecule has 2 aromatic carbocycles. The molecule has 43 heavy (non-hydrogen) atoms. The highest BCUT2D eigenvalue weighted by Gasteiger charge is 2.24. The zero-order valence-corrected chi connectivity index (χ0v) is 25.8. The molecule has 226 valence electrons. The Labute approximate surface area is 253 Å². The first kappa shape index (κ1) is 31.8. The number of pyridine rings is 1. The fraction of sp³-hybridized carbons (Fsp3) is 0.333. The molecule has 0 radical (unpaired) electrons. The van der Waals surface area contributed by atoms with Crippen LogP contribution in [0.4, 0.5) is 5.69 Å². The van der Waals surface area contributed by atoms with Gasteiger partial charge in [-0.05, 0) is 48.6 Å². The molecule has 0 bridgehead atoms. The lowest BCUT2D eigenvalue weighted by atomic mass is 10.0. The first-order valence-electron chi connectivity index (χ1n) is 14.7. The number of carbonyl (C=O) groups excluding carboxylic acids is 2. The number of nitrogens with zero attached hydrogens (tertiary/aromatic N) is 4. The van der Waals surface area contributed by atoms with E-state index >= 15 is 0 Å². The number of anilines is 1. The summed E-state index contributed by atoms with van der Waals surface area (Å²) in [7, 11) is -3.88. The van der Waals surface area contributed by atoms with Gasteiger partial charge in [0.25, 0.3) is 0 Å². The third kappa shape index (κ3) is 7.63. The minimum absolute atomic E-state index is 0.0386. The van der Waals surface area contributed by atoms with E-state index in [4.69, 9.17) is 10.1 Å². The Balaban J connectivity index is 1.63. The van der Waals surface area contributed by atoms with Crippen molar-refractivity contribution in [3.05, 3.63) is 95.8 Å². The second-order valence-electron chi connectivity index (χ2n) is 10.4. The van der Waals surface area contributed by atoms with Gasteiger partial charge < -0.3 is 9.47 Å². The summed E-state index contributed by atoms with van der Waals surface area (Å²) in [5.74, 6) is 0.740. The van der Waals surface area contributed by atoms with E-state index in [0.29, 0.717) is 42.8 Å². The second kappa shape index (κ2) is 14.3. The van der Waals surface area contributed by atoms with Gasteiger partial charge in [-0.2, -0.15) is 0 Å². The van der Waals surface area contributed by atoms with Gasteiger partial charge in [0.05, 0.1) is 22.5 Å². The second-order valence-corrected chi connectivity index (χ2v) is 12.0. The molecule has 2 N–H and O–H groups in total. The zero-order valence-electron chi connectivity index (χ0n) is 25.0. The number of Topliss-reactive ketones (excluding diaryl/α,β-unsaturated/α-hetero) is 1. The number of aromatic nitrogens is 3. The molecule has 0 aliphatic rings. The molecule has 9 nitrogen and oxygen atoms in total. The van der Waals surface area contributed by atoms with E-state index in [1.807, 2.05) is 48.7 Å². The van der Waals surface area contributed by atoms with Gasteiger partial charge in [0, 0.05) is 44.1 Å². The molecule has 10 heteroatoms. The lowest BCUT2D eigenvalue weighted by Gasteiger charge is -2.22. The van der Waals surface area contributed by atoms with Gasteiger partial charge in [-0.25, -0.2) is 18.5 Å². The lowest BCUT2D eigenvalue weighted by Crippen LogP contribution is -2.33. The fourth-order valence-corrected chi connectivity index (χ4v) is 5.97. The number of sulfonamides is 1. The van der Waals surface area contributed by atoms with E-state index in [1.165, 1.54) is 6.07 Å².